The van der Waals surface area contributed by atoms with Crippen LogP contribution < -0.4 is 5.73 Å². The summed E-state index contributed by atoms with van der Waals surface area (Å²) in [6.45, 7) is 3.62. The second kappa shape index (κ2) is 3.99. The van der Waals surface area contributed by atoms with E-state index >= 15 is 0 Å². The van der Waals surface area contributed by atoms with Gasteiger partial charge in [-0.2, -0.15) is 11.8 Å². The van der Waals surface area contributed by atoms with Gasteiger partial charge >= 0.3 is 0 Å². The van der Waals surface area contributed by atoms with E-state index in [1.807, 2.05) is 0 Å². The highest BCUT2D eigenvalue weighted by Gasteiger charge is 2.23. The lowest BCUT2D eigenvalue weighted by Crippen LogP contribution is -2.28. The molecular formula is C9H18N2S. The maximum Gasteiger partial charge on any atom is 0.0180 e. The molecule has 1 saturated heterocycles. The molecule has 2 fully saturated rings. The average Bonchev–Trinajstić information content (AvgIpc) is 2.76. The molecule has 0 spiro atoms. The van der Waals surface area contributed by atoms with Crippen molar-refractivity contribution in [3.8, 4) is 0 Å². The van der Waals surface area contributed by atoms with E-state index in [-0.39, 0.29) is 0 Å². The number of nitrogens with two attached hydrogens (primary N) is 1. The van der Waals surface area contributed by atoms with Gasteiger partial charge < -0.3 is 10.6 Å². The van der Waals surface area contributed by atoms with Crippen molar-refractivity contribution in [2.75, 3.05) is 25.4 Å². The largest absolute Gasteiger partial charge is 0.326 e. The Labute approximate surface area is 78.9 Å². The third kappa shape index (κ3) is 2.64. The average molecular weight is 186 g/mol. The Hall–Kier alpha value is 0.270. The summed E-state index contributed by atoms with van der Waals surface area (Å²) in [5, 5.41) is 1.02. The number of nitrogens with zero attached hydrogens (tertiary/aromatic N) is 1. The fourth-order valence-corrected chi connectivity index (χ4v) is 2.82. The molecule has 1 unspecified atom stereocenters. The van der Waals surface area contributed by atoms with E-state index in [4.69, 9.17) is 5.73 Å². The second-order valence-electron chi connectivity index (χ2n) is 3.92. The first-order valence-corrected chi connectivity index (χ1v) is 5.99. The molecule has 12 heavy (non-hydrogen) atoms. The molecule has 2 nitrogen and oxygen atoms in total. The van der Waals surface area contributed by atoms with Gasteiger partial charge in [-0.3, -0.25) is 0 Å². The van der Waals surface area contributed by atoms with Gasteiger partial charge in [0.1, 0.15) is 0 Å². The van der Waals surface area contributed by atoms with E-state index in [1.165, 1.54) is 38.1 Å². The van der Waals surface area contributed by atoms with Gasteiger partial charge in [0.15, 0.2) is 0 Å². The lowest BCUT2D eigenvalue weighted by atomic mass is 10.3. The minimum absolute atomic E-state index is 0.455. The van der Waals surface area contributed by atoms with Crippen molar-refractivity contribution >= 4 is 11.8 Å². The zero-order valence-corrected chi connectivity index (χ0v) is 8.35. The van der Waals surface area contributed by atoms with Gasteiger partial charge in [0.05, 0.1) is 0 Å². The highest BCUT2D eigenvalue weighted by Crippen LogP contribution is 2.33. The van der Waals surface area contributed by atoms with E-state index in [9.17, 15) is 0 Å². The normalized spacial score (nSPS) is 31.2. The molecule has 0 aromatic carbocycles. The molecule has 1 aliphatic carbocycles. The van der Waals surface area contributed by atoms with E-state index < -0.39 is 0 Å². The van der Waals surface area contributed by atoms with Gasteiger partial charge in [-0.15, -0.1) is 0 Å². The van der Waals surface area contributed by atoms with Crippen LogP contribution in [-0.2, 0) is 0 Å². The van der Waals surface area contributed by atoms with Crippen molar-refractivity contribution in [1.82, 2.24) is 4.90 Å². The van der Waals surface area contributed by atoms with Crippen LogP contribution in [0, 0.1) is 0 Å². The van der Waals surface area contributed by atoms with Crippen molar-refractivity contribution in [3.05, 3.63) is 0 Å². The first-order valence-electron chi connectivity index (χ1n) is 4.94. The standard InChI is InChI=1S/C9H18N2S/c10-8-3-4-11(7-8)5-6-12-9-1-2-9/h8-9H,1-7,10H2. The molecule has 0 bridgehead atoms. The van der Waals surface area contributed by atoms with Crippen molar-refractivity contribution < 1.29 is 0 Å². The zero-order valence-electron chi connectivity index (χ0n) is 7.54. The fraction of sp³-hybridized carbons (Fsp3) is 1.00. The third-order valence-electron chi connectivity index (χ3n) is 2.59. The van der Waals surface area contributed by atoms with E-state index in [2.05, 4.69) is 16.7 Å². The number of thioether (sulfide) groups is 1. The SMILES string of the molecule is NC1CCN(CCSC2CC2)C1. The van der Waals surface area contributed by atoms with Gasteiger partial charge in [0.2, 0.25) is 0 Å². The van der Waals surface area contributed by atoms with E-state index in [1.54, 1.807) is 0 Å². The fourth-order valence-electron chi connectivity index (χ4n) is 1.65. The quantitative estimate of drug-likeness (QED) is 0.708. The monoisotopic (exact) mass is 186 g/mol. The van der Waals surface area contributed by atoms with Crippen molar-refractivity contribution in [2.24, 2.45) is 5.73 Å². The van der Waals surface area contributed by atoms with Crippen LogP contribution in [0.15, 0.2) is 0 Å². The molecule has 3 heteroatoms. The number of hydrogen-bond acceptors (Lipinski definition) is 3. The molecule has 2 aliphatic rings. The maximum absolute atomic E-state index is 5.82. The van der Waals surface area contributed by atoms with Crippen LogP contribution in [0.5, 0.6) is 0 Å². The predicted octanol–water partition coefficient (Wildman–Crippen LogP) is 0.915. The molecule has 0 amide bonds. The molecule has 1 heterocycles. The van der Waals surface area contributed by atoms with Gasteiger partial charge in [-0.1, -0.05) is 0 Å². The number of hydrogen-bond donors (Lipinski definition) is 1. The van der Waals surface area contributed by atoms with Crippen molar-refractivity contribution in [3.63, 3.8) is 0 Å². The summed E-state index contributed by atoms with van der Waals surface area (Å²) in [5.41, 5.74) is 5.82. The van der Waals surface area contributed by atoms with Crippen LogP contribution in [0.2, 0.25) is 0 Å². The van der Waals surface area contributed by atoms with Gasteiger partial charge in [-0.25, -0.2) is 0 Å². The Morgan fingerprint density at radius 2 is 2.17 bits per heavy atom. The van der Waals surface area contributed by atoms with Crippen LogP contribution in [0.25, 0.3) is 0 Å². The minimum atomic E-state index is 0.455. The lowest BCUT2D eigenvalue weighted by Gasteiger charge is -2.13. The first kappa shape index (κ1) is 8.85. The number of rotatable bonds is 4. The smallest absolute Gasteiger partial charge is 0.0180 e. The highest BCUT2D eigenvalue weighted by molar-refractivity contribution is 8.00. The summed E-state index contributed by atoms with van der Waals surface area (Å²) < 4.78 is 0. The Bertz CT molecular complexity index is 147. The molecular weight excluding hydrogens is 168 g/mol. The number of likely N-dealkylation sites (tertiary alicyclic amines) is 1. The molecule has 70 valence electrons. The summed E-state index contributed by atoms with van der Waals surface area (Å²) in [7, 11) is 0. The van der Waals surface area contributed by atoms with Crippen LogP contribution in [0.1, 0.15) is 19.3 Å². The molecule has 1 saturated carbocycles. The molecule has 0 aromatic heterocycles. The molecule has 1 atom stereocenters. The minimum Gasteiger partial charge on any atom is -0.326 e. The predicted molar refractivity (Wildman–Crippen MR) is 54.5 cm³/mol. The van der Waals surface area contributed by atoms with E-state index in [0.29, 0.717) is 6.04 Å². The van der Waals surface area contributed by atoms with Crippen LogP contribution in [-0.4, -0.2) is 41.6 Å². The maximum atomic E-state index is 5.82. The summed E-state index contributed by atoms with van der Waals surface area (Å²) in [6.07, 6.45) is 4.13. The van der Waals surface area contributed by atoms with Crippen molar-refractivity contribution in [1.29, 1.82) is 0 Å². The first-order chi connectivity index (χ1) is 5.84. The van der Waals surface area contributed by atoms with Crippen molar-refractivity contribution in [2.45, 2.75) is 30.6 Å². The van der Waals surface area contributed by atoms with Gasteiger partial charge in [0, 0.05) is 30.1 Å². The molecule has 2 N–H and O–H groups in total. The molecule has 2 rings (SSSR count). The third-order valence-corrected chi connectivity index (χ3v) is 3.96. The van der Waals surface area contributed by atoms with Gasteiger partial charge in [-0.05, 0) is 25.8 Å². The zero-order chi connectivity index (χ0) is 8.39. The topological polar surface area (TPSA) is 29.3 Å². The molecule has 1 aliphatic heterocycles. The summed E-state index contributed by atoms with van der Waals surface area (Å²) in [5.74, 6) is 1.32. The molecule has 0 aromatic rings. The van der Waals surface area contributed by atoms with E-state index in [0.717, 1.165) is 11.8 Å². The van der Waals surface area contributed by atoms with Crippen LogP contribution in [0.4, 0.5) is 0 Å². The summed E-state index contributed by atoms with van der Waals surface area (Å²) in [4.78, 5) is 2.50. The Kier molecular flexibility index (Phi) is 2.94. The Balaban J connectivity index is 1.54. The molecule has 0 radical (unpaired) electrons. The Morgan fingerprint density at radius 3 is 2.75 bits per heavy atom. The highest BCUT2D eigenvalue weighted by atomic mass is 32.2. The second-order valence-corrected chi connectivity index (χ2v) is 5.33. The summed E-state index contributed by atoms with van der Waals surface area (Å²) >= 11 is 2.15. The summed E-state index contributed by atoms with van der Waals surface area (Å²) in [6, 6.07) is 0.455. The lowest BCUT2D eigenvalue weighted by molar-refractivity contribution is 0.357. The van der Waals surface area contributed by atoms with Crippen LogP contribution >= 0.6 is 11.8 Å². The Morgan fingerprint density at radius 1 is 1.33 bits per heavy atom. The van der Waals surface area contributed by atoms with Crippen LogP contribution in [0.3, 0.4) is 0 Å². The van der Waals surface area contributed by atoms with Gasteiger partial charge in [0.25, 0.3) is 0 Å².